The van der Waals surface area contributed by atoms with E-state index in [1.165, 1.54) is 31.4 Å². The smallest absolute Gasteiger partial charge is 0.394 e. The summed E-state index contributed by atoms with van der Waals surface area (Å²) in [7, 11) is -1.90. The molecule has 1 aliphatic heterocycles. The van der Waals surface area contributed by atoms with Crippen LogP contribution in [0.4, 0.5) is 0 Å². The molecule has 346 valence electrons. The average molecular weight is 890 g/mol. The Morgan fingerprint density at radius 1 is 0.903 bits per heavy atom. The first-order valence-electron chi connectivity index (χ1n) is 21.9. The van der Waals surface area contributed by atoms with E-state index in [1.54, 1.807) is 0 Å². The van der Waals surface area contributed by atoms with Gasteiger partial charge in [0.05, 0.1) is 44.2 Å². The van der Waals surface area contributed by atoms with E-state index in [2.05, 4.69) is 40.2 Å². The highest BCUT2D eigenvalue weighted by Crippen LogP contribution is 2.39. The fourth-order valence-electron chi connectivity index (χ4n) is 8.12. The number of ketones is 2. The number of aromatic nitrogens is 2. The minimum Gasteiger partial charge on any atom is -0.394 e. The van der Waals surface area contributed by atoms with Crippen LogP contribution in [0.1, 0.15) is 110 Å². The Kier molecular flexibility index (Phi) is 21.6. The van der Waals surface area contributed by atoms with E-state index in [-0.39, 0.29) is 31.1 Å². The van der Waals surface area contributed by atoms with Crippen LogP contribution < -0.4 is 20.5 Å². The van der Waals surface area contributed by atoms with Crippen molar-refractivity contribution in [3.63, 3.8) is 0 Å². The second-order valence-corrected chi connectivity index (χ2v) is 18.2. The topological polar surface area (TPSA) is 238 Å². The van der Waals surface area contributed by atoms with Gasteiger partial charge in [-0.1, -0.05) is 63.4 Å². The number of carbonyl (C=O) groups is 6. The number of amides is 4. The number of Topliss-reactive ketones (excluding diaryl/α,β-unsaturated/α-hetero) is 2. The number of nitrogens with one attached hydrogen (secondary N) is 3. The molecule has 0 radical (unpaired) electrons. The van der Waals surface area contributed by atoms with Gasteiger partial charge in [0.2, 0.25) is 30.0 Å². The van der Waals surface area contributed by atoms with Gasteiger partial charge in [-0.3, -0.25) is 33.3 Å². The lowest BCUT2D eigenvalue weighted by atomic mass is 9.89. The van der Waals surface area contributed by atoms with Crippen LogP contribution in [0.5, 0.6) is 0 Å². The third kappa shape index (κ3) is 17.5. The van der Waals surface area contributed by atoms with E-state index < -0.39 is 86.2 Å². The number of unbranched alkanes of at least 4 members (excludes halogenated alkanes) is 5. The van der Waals surface area contributed by atoms with Gasteiger partial charge in [-0.15, -0.1) is 0 Å². The molecule has 2 aromatic rings. The number of aliphatic hydroxyl groups is 1. The van der Waals surface area contributed by atoms with Crippen molar-refractivity contribution < 1.29 is 57.3 Å². The van der Waals surface area contributed by atoms with Crippen molar-refractivity contribution in [2.24, 2.45) is 24.8 Å². The number of hydrogen-bond acceptors (Lipinski definition) is 9. The molecule has 1 fully saturated rings. The minimum absolute atomic E-state index is 0.0224. The first-order chi connectivity index (χ1) is 29.3. The average Bonchev–Trinajstić information content (AvgIpc) is 3.85. The molecule has 18 heteroatoms. The summed E-state index contributed by atoms with van der Waals surface area (Å²) < 4.78 is 20.1. The summed E-state index contributed by atoms with van der Waals surface area (Å²) >= 11 is 0. The molecule has 1 aromatic carbocycles. The highest BCUT2D eigenvalue weighted by molar-refractivity contribution is 7.46. The molecule has 6 atom stereocenters. The second-order valence-electron chi connectivity index (χ2n) is 17.0. The fourth-order valence-corrected chi connectivity index (χ4v) is 8.70. The Bertz CT molecular complexity index is 1830. The fraction of sp³-hybridized carbons (Fsp3) is 0.659. The van der Waals surface area contributed by atoms with E-state index in [0.29, 0.717) is 25.9 Å². The number of carbonyl (C=O) groups excluding carboxylic acids is 6. The lowest BCUT2D eigenvalue weighted by molar-refractivity contribution is -0.671. The standard InChI is InChI=1S/C44H69N6O11P/c1-30(2)23-37(46-44(57)39-20-16-22-50(39)32(4)52)40(53)25-34(42(55)47-38(28-51)41(54)26-36(43(56)45-5)31(3)61-62(58,59)60)24-35-27-48(6)29-49(35)21-15-10-8-7-9-12-17-33-18-13-11-14-19-33/h11,13-14,18-19,27,29-31,34,36-39,51H,7-10,12,15-17,20-26,28H2,1-6H3,(H4-,45,46,47,55,56,57,58,59,60)/p+1/t31-,34-,36+,37+,38+,39+/m1/s1. The van der Waals surface area contributed by atoms with Gasteiger partial charge in [0.25, 0.3) is 0 Å². The molecule has 1 aliphatic rings. The predicted molar refractivity (Wildman–Crippen MR) is 231 cm³/mol. The highest BCUT2D eigenvalue weighted by Gasteiger charge is 2.38. The molecule has 0 spiro atoms. The zero-order valence-corrected chi connectivity index (χ0v) is 38.2. The van der Waals surface area contributed by atoms with E-state index in [4.69, 9.17) is 4.52 Å². The summed E-state index contributed by atoms with van der Waals surface area (Å²) in [6, 6.07) is 7.22. The van der Waals surface area contributed by atoms with E-state index >= 15 is 0 Å². The highest BCUT2D eigenvalue weighted by atomic mass is 31.2. The number of likely N-dealkylation sites (tertiary alicyclic amines) is 1. The number of phosphoric ester groups is 1. The van der Waals surface area contributed by atoms with Crippen molar-refractivity contribution in [2.75, 3.05) is 20.2 Å². The zero-order chi connectivity index (χ0) is 46.0. The monoisotopic (exact) mass is 889 g/mol. The number of nitrogens with zero attached hydrogens (tertiary/aromatic N) is 3. The molecule has 3 rings (SSSR count). The Balaban J connectivity index is 1.81. The van der Waals surface area contributed by atoms with Crippen LogP contribution in [0, 0.1) is 17.8 Å². The van der Waals surface area contributed by atoms with Gasteiger partial charge in [-0.25, -0.2) is 13.7 Å². The number of hydrogen-bond donors (Lipinski definition) is 6. The van der Waals surface area contributed by atoms with Crippen molar-refractivity contribution >= 4 is 43.0 Å². The van der Waals surface area contributed by atoms with Crippen molar-refractivity contribution in [3.8, 4) is 0 Å². The second kappa shape index (κ2) is 25.7. The van der Waals surface area contributed by atoms with Gasteiger partial charge in [0.1, 0.15) is 24.0 Å². The third-order valence-corrected chi connectivity index (χ3v) is 12.0. The number of aryl methyl sites for hydroxylation is 3. The first kappa shape index (κ1) is 52.1. The maximum Gasteiger partial charge on any atom is 0.469 e. The lowest BCUT2D eigenvalue weighted by Gasteiger charge is -2.27. The number of rotatable bonds is 28. The summed E-state index contributed by atoms with van der Waals surface area (Å²) in [5, 5.41) is 18.1. The Labute approximate surface area is 366 Å². The van der Waals surface area contributed by atoms with Crippen LogP contribution in [-0.4, -0.2) is 104 Å². The molecule has 2 heterocycles. The molecule has 0 aliphatic carbocycles. The number of imidazole rings is 1. The van der Waals surface area contributed by atoms with Gasteiger partial charge in [0.15, 0.2) is 11.6 Å². The first-order valence-corrected chi connectivity index (χ1v) is 23.4. The van der Waals surface area contributed by atoms with Gasteiger partial charge in [-0.05, 0) is 63.4 Å². The van der Waals surface area contributed by atoms with Gasteiger partial charge in [-0.2, -0.15) is 0 Å². The van der Waals surface area contributed by atoms with E-state index in [1.807, 2.05) is 48.6 Å². The molecule has 0 saturated carbocycles. The maximum absolute atomic E-state index is 14.3. The SMILES string of the molecule is CNC(=O)[C@@H](CC(=O)[C@H](CO)NC(=O)[C@@H](CC(=O)[C@H](CC(C)C)NC(=O)[C@@H]1CCCN1C(C)=O)Cc1c[n+](C)cn1CCCCCCCCc1ccccc1)[C@@H](C)OP(=O)(O)O. The largest absolute Gasteiger partial charge is 0.469 e. The van der Waals surface area contributed by atoms with Crippen molar-refractivity contribution in [1.82, 2.24) is 25.4 Å². The number of phosphoric acid groups is 1. The van der Waals surface area contributed by atoms with Crippen molar-refractivity contribution in [3.05, 3.63) is 54.1 Å². The summed E-state index contributed by atoms with van der Waals surface area (Å²) in [6.07, 6.45) is 10.3. The van der Waals surface area contributed by atoms with Crippen LogP contribution in [-0.2, 0) is 64.3 Å². The molecule has 0 unspecified atom stereocenters. The third-order valence-electron chi connectivity index (χ3n) is 11.4. The molecule has 62 heavy (non-hydrogen) atoms. The Hall–Kier alpha value is -4.28. The van der Waals surface area contributed by atoms with Crippen LogP contribution in [0.3, 0.4) is 0 Å². The molecule has 0 bridgehead atoms. The molecular formula is C44H70N6O11P+. The molecular weight excluding hydrogens is 819 g/mol. The van der Waals surface area contributed by atoms with Crippen molar-refractivity contribution in [1.29, 1.82) is 0 Å². The van der Waals surface area contributed by atoms with Gasteiger partial charge >= 0.3 is 7.82 Å². The van der Waals surface area contributed by atoms with Crippen LogP contribution in [0.25, 0.3) is 0 Å². The predicted octanol–water partition coefficient (Wildman–Crippen LogP) is 2.85. The lowest BCUT2D eigenvalue weighted by Crippen LogP contribution is -2.52. The van der Waals surface area contributed by atoms with Crippen LogP contribution >= 0.6 is 7.82 Å². The molecule has 1 saturated heterocycles. The minimum atomic E-state index is -5.04. The quantitative estimate of drug-likeness (QED) is 0.0413. The Morgan fingerprint density at radius 3 is 2.16 bits per heavy atom. The van der Waals surface area contributed by atoms with E-state index in [0.717, 1.165) is 50.6 Å². The van der Waals surface area contributed by atoms with Crippen molar-refractivity contribution in [2.45, 2.75) is 142 Å². The molecule has 1 aromatic heterocycles. The summed E-state index contributed by atoms with van der Waals surface area (Å²) in [5.74, 6) is -5.82. The van der Waals surface area contributed by atoms with Crippen LogP contribution in [0.15, 0.2) is 42.9 Å². The molecule has 6 N–H and O–H groups in total. The van der Waals surface area contributed by atoms with Crippen LogP contribution in [0.2, 0.25) is 0 Å². The zero-order valence-electron chi connectivity index (χ0n) is 37.3. The number of benzene rings is 1. The van der Waals surface area contributed by atoms with Gasteiger partial charge < -0.3 is 35.7 Å². The summed E-state index contributed by atoms with van der Waals surface area (Å²) in [6.45, 7) is 6.67. The van der Waals surface area contributed by atoms with E-state index in [9.17, 15) is 48.2 Å². The Morgan fingerprint density at radius 2 is 1.55 bits per heavy atom. The normalized spacial score (nSPS) is 16.6. The molecule has 4 amide bonds. The molecule has 17 nitrogen and oxygen atoms in total. The number of aliphatic hydroxyl groups excluding tert-OH is 1. The summed E-state index contributed by atoms with van der Waals surface area (Å²) in [4.78, 5) is 101. The maximum atomic E-state index is 14.3. The summed E-state index contributed by atoms with van der Waals surface area (Å²) in [5.41, 5.74) is 2.10. The van der Waals surface area contributed by atoms with Gasteiger partial charge in [0, 0.05) is 39.8 Å².